The molecule has 0 aromatic heterocycles. The van der Waals surface area contributed by atoms with E-state index in [4.69, 9.17) is 15.7 Å². The number of nitrogens with two attached hydrogens (primary N) is 1. The van der Waals surface area contributed by atoms with E-state index in [0.717, 1.165) is 0 Å². The van der Waals surface area contributed by atoms with Gasteiger partial charge in [0.2, 0.25) is 0 Å². The summed E-state index contributed by atoms with van der Waals surface area (Å²) in [6.45, 7) is 2.06. The molecule has 0 spiro atoms. The van der Waals surface area contributed by atoms with Crippen LogP contribution in [0.1, 0.15) is 13.3 Å². The molecular formula is C12H13N3O2. The molecule has 5 nitrogen and oxygen atoms in total. The third-order valence-corrected chi connectivity index (χ3v) is 2.64. The molecule has 1 atom stereocenters. The lowest BCUT2D eigenvalue weighted by atomic mass is 10.1. The second kappa shape index (κ2) is 4.34. The number of anilines is 2. The molecule has 2 N–H and O–H groups in total. The lowest BCUT2D eigenvalue weighted by Crippen LogP contribution is -2.44. The third kappa shape index (κ3) is 2.02. The largest absolute Gasteiger partial charge is 0.479 e. The van der Waals surface area contributed by atoms with Crippen LogP contribution < -0.4 is 15.4 Å². The highest BCUT2D eigenvalue weighted by Gasteiger charge is 2.31. The fourth-order valence-electron chi connectivity index (χ4n) is 1.82. The van der Waals surface area contributed by atoms with Crippen LogP contribution in [0.2, 0.25) is 0 Å². The van der Waals surface area contributed by atoms with Crippen LogP contribution in [0.15, 0.2) is 18.2 Å². The second-order valence-electron chi connectivity index (χ2n) is 3.89. The Morgan fingerprint density at radius 3 is 3.06 bits per heavy atom. The number of hydrogen-bond donors (Lipinski definition) is 1. The lowest BCUT2D eigenvalue weighted by molar-refractivity contribution is -0.125. The summed E-state index contributed by atoms with van der Waals surface area (Å²) in [6, 6.07) is 7.19. The molecule has 0 bridgehead atoms. The van der Waals surface area contributed by atoms with E-state index < -0.39 is 6.10 Å². The monoisotopic (exact) mass is 231 g/mol. The van der Waals surface area contributed by atoms with Crippen molar-refractivity contribution in [3.63, 3.8) is 0 Å². The van der Waals surface area contributed by atoms with Gasteiger partial charge in [-0.3, -0.25) is 4.79 Å². The number of rotatable bonds is 2. The Morgan fingerprint density at radius 2 is 2.35 bits per heavy atom. The molecule has 88 valence electrons. The highest BCUT2D eigenvalue weighted by molar-refractivity contribution is 6.00. The van der Waals surface area contributed by atoms with Crippen molar-refractivity contribution in [1.82, 2.24) is 0 Å². The van der Waals surface area contributed by atoms with Gasteiger partial charge in [-0.05, 0) is 25.1 Å². The molecule has 0 saturated carbocycles. The molecule has 1 heterocycles. The summed E-state index contributed by atoms with van der Waals surface area (Å²) in [5.41, 5.74) is 6.90. The van der Waals surface area contributed by atoms with Crippen molar-refractivity contribution in [2.75, 3.05) is 17.2 Å². The maximum atomic E-state index is 12.0. The number of nitrogens with zero attached hydrogens (tertiary/aromatic N) is 2. The molecule has 1 aliphatic rings. The van der Waals surface area contributed by atoms with Gasteiger partial charge < -0.3 is 15.4 Å². The van der Waals surface area contributed by atoms with Crippen molar-refractivity contribution >= 4 is 17.3 Å². The average molecular weight is 231 g/mol. The van der Waals surface area contributed by atoms with Crippen LogP contribution in [0.3, 0.4) is 0 Å². The molecule has 1 aromatic carbocycles. The number of carbonyl (C=O) groups is 1. The summed E-state index contributed by atoms with van der Waals surface area (Å²) < 4.78 is 5.48. The van der Waals surface area contributed by atoms with Gasteiger partial charge in [-0.1, -0.05) is 0 Å². The van der Waals surface area contributed by atoms with Crippen molar-refractivity contribution in [3.8, 4) is 11.8 Å². The minimum absolute atomic E-state index is 0.140. The fourth-order valence-corrected chi connectivity index (χ4v) is 1.82. The van der Waals surface area contributed by atoms with E-state index in [9.17, 15) is 4.79 Å². The van der Waals surface area contributed by atoms with Crippen LogP contribution in [0, 0.1) is 11.3 Å². The quantitative estimate of drug-likeness (QED) is 0.778. The minimum Gasteiger partial charge on any atom is -0.479 e. The Labute approximate surface area is 99.4 Å². The number of carbonyl (C=O) groups excluding carboxylic acids is 1. The molecule has 1 amide bonds. The van der Waals surface area contributed by atoms with Crippen LogP contribution in [0.25, 0.3) is 0 Å². The van der Waals surface area contributed by atoms with Gasteiger partial charge in [0.05, 0.1) is 18.2 Å². The first-order valence-electron chi connectivity index (χ1n) is 5.38. The number of fused-ring (bicyclic) bond motifs is 1. The van der Waals surface area contributed by atoms with Crippen molar-refractivity contribution in [2.45, 2.75) is 19.4 Å². The Kier molecular flexibility index (Phi) is 2.88. The van der Waals surface area contributed by atoms with Crippen LogP contribution in [-0.4, -0.2) is 18.6 Å². The highest BCUT2D eigenvalue weighted by Crippen LogP contribution is 2.35. The number of ether oxygens (including phenoxy) is 1. The minimum atomic E-state index is -0.523. The first-order valence-corrected chi connectivity index (χ1v) is 5.38. The molecule has 17 heavy (non-hydrogen) atoms. The summed E-state index contributed by atoms with van der Waals surface area (Å²) in [6.07, 6.45) is -0.239. The van der Waals surface area contributed by atoms with E-state index in [1.54, 1.807) is 30.0 Å². The average Bonchev–Trinajstić information content (AvgIpc) is 2.31. The SMILES string of the molecule is CC1Oc2ccc(N)cc2N(CCC#N)C1=O. The maximum absolute atomic E-state index is 12.0. The van der Waals surface area contributed by atoms with Gasteiger partial charge in [-0.15, -0.1) is 0 Å². The molecule has 0 saturated heterocycles. The zero-order valence-electron chi connectivity index (χ0n) is 9.51. The Morgan fingerprint density at radius 1 is 1.59 bits per heavy atom. The predicted octanol–water partition coefficient (Wildman–Crippen LogP) is 1.30. The number of hydrogen-bond acceptors (Lipinski definition) is 4. The molecule has 2 rings (SSSR count). The van der Waals surface area contributed by atoms with Gasteiger partial charge in [0.15, 0.2) is 6.10 Å². The predicted molar refractivity (Wildman–Crippen MR) is 63.5 cm³/mol. The lowest BCUT2D eigenvalue weighted by Gasteiger charge is -2.32. The zero-order chi connectivity index (χ0) is 12.4. The molecule has 1 aliphatic heterocycles. The summed E-state index contributed by atoms with van der Waals surface area (Å²) in [7, 11) is 0. The number of amides is 1. The maximum Gasteiger partial charge on any atom is 0.267 e. The smallest absolute Gasteiger partial charge is 0.267 e. The van der Waals surface area contributed by atoms with Crippen LogP contribution in [0.5, 0.6) is 5.75 Å². The van der Waals surface area contributed by atoms with E-state index in [2.05, 4.69) is 0 Å². The normalized spacial score (nSPS) is 18.2. The summed E-state index contributed by atoms with van der Waals surface area (Å²) >= 11 is 0. The Bertz CT molecular complexity index is 493. The summed E-state index contributed by atoms with van der Waals surface area (Å²) in [4.78, 5) is 13.5. The van der Waals surface area contributed by atoms with Crippen molar-refractivity contribution in [2.24, 2.45) is 0 Å². The van der Waals surface area contributed by atoms with Gasteiger partial charge in [0.25, 0.3) is 5.91 Å². The number of nitrogen functional groups attached to an aromatic ring is 1. The van der Waals surface area contributed by atoms with Crippen LogP contribution in [-0.2, 0) is 4.79 Å². The van der Waals surface area contributed by atoms with Crippen LogP contribution in [0.4, 0.5) is 11.4 Å². The van der Waals surface area contributed by atoms with Gasteiger partial charge in [-0.2, -0.15) is 5.26 Å². The Hall–Kier alpha value is -2.22. The fraction of sp³-hybridized carbons (Fsp3) is 0.333. The molecule has 1 aromatic rings. The van der Waals surface area contributed by atoms with E-state index in [1.807, 2.05) is 6.07 Å². The van der Waals surface area contributed by atoms with Crippen molar-refractivity contribution in [1.29, 1.82) is 5.26 Å². The molecule has 0 aliphatic carbocycles. The highest BCUT2D eigenvalue weighted by atomic mass is 16.5. The van der Waals surface area contributed by atoms with E-state index in [1.165, 1.54) is 0 Å². The molecular weight excluding hydrogens is 218 g/mol. The first-order chi connectivity index (χ1) is 8.13. The zero-order valence-corrected chi connectivity index (χ0v) is 9.51. The first kappa shape index (κ1) is 11.3. The topological polar surface area (TPSA) is 79.3 Å². The van der Waals surface area contributed by atoms with Crippen LogP contribution >= 0.6 is 0 Å². The molecule has 0 radical (unpaired) electrons. The Balaban J connectivity index is 2.40. The second-order valence-corrected chi connectivity index (χ2v) is 3.89. The molecule has 5 heteroatoms. The standard InChI is InChI=1S/C12H13N3O2/c1-8-12(16)15(6-2-5-13)10-7-9(14)3-4-11(10)17-8/h3-4,7-8H,2,6,14H2,1H3. The van der Waals surface area contributed by atoms with Gasteiger partial charge in [0, 0.05) is 12.2 Å². The van der Waals surface area contributed by atoms with Gasteiger partial charge in [-0.25, -0.2) is 0 Å². The van der Waals surface area contributed by atoms with E-state index in [0.29, 0.717) is 23.7 Å². The third-order valence-electron chi connectivity index (χ3n) is 2.64. The van der Waals surface area contributed by atoms with Gasteiger partial charge in [0.1, 0.15) is 5.75 Å². The number of benzene rings is 1. The van der Waals surface area contributed by atoms with Crippen molar-refractivity contribution < 1.29 is 9.53 Å². The summed E-state index contributed by atoms with van der Waals surface area (Å²) in [5, 5.41) is 8.61. The molecule has 0 fully saturated rings. The summed E-state index contributed by atoms with van der Waals surface area (Å²) in [5.74, 6) is 0.489. The van der Waals surface area contributed by atoms with E-state index in [-0.39, 0.29) is 12.3 Å². The molecule has 1 unspecified atom stereocenters. The van der Waals surface area contributed by atoms with Crippen molar-refractivity contribution in [3.05, 3.63) is 18.2 Å². The van der Waals surface area contributed by atoms with Gasteiger partial charge >= 0.3 is 0 Å². The van der Waals surface area contributed by atoms with E-state index >= 15 is 0 Å². The number of nitriles is 1.